The second kappa shape index (κ2) is 5.01. The Bertz CT molecular complexity index is 588. The Morgan fingerprint density at radius 1 is 1.37 bits per heavy atom. The van der Waals surface area contributed by atoms with Crippen LogP contribution in [0.3, 0.4) is 0 Å². The normalized spacial score (nSPS) is 21.6. The first kappa shape index (κ1) is 12.7. The van der Waals surface area contributed by atoms with Gasteiger partial charge in [0.1, 0.15) is 0 Å². The lowest BCUT2D eigenvalue weighted by Gasteiger charge is -2.14. The lowest BCUT2D eigenvalue weighted by atomic mass is 9.99. The third-order valence-corrected chi connectivity index (χ3v) is 4.70. The van der Waals surface area contributed by atoms with Gasteiger partial charge in [-0.3, -0.25) is 4.68 Å². The number of aryl methyl sites for hydroxylation is 2. The standard InChI is InChI=1S/C16H19ClN2/c1-3-13-10-14(19(2)18-13)9-12-8-11-6-4-5-7-15(11)16(12)17/h4-7,10,12,16H,3,8-9H2,1-2H3. The summed E-state index contributed by atoms with van der Waals surface area (Å²) in [5.41, 5.74) is 5.18. The molecule has 3 rings (SSSR count). The van der Waals surface area contributed by atoms with E-state index in [-0.39, 0.29) is 5.38 Å². The molecule has 0 fully saturated rings. The quantitative estimate of drug-likeness (QED) is 0.781. The van der Waals surface area contributed by atoms with Crippen LogP contribution < -0.4 is 0 Å². The van der Waals surface area contributed by atoms with Gasteiger partial charge in [0.2, 0.25) is 0 Å². The summed E-state index contributed by atoms with van der Waals surface area (Å²) in [5, 5.41) is 4.65. The van der Waals surface area contributed by atoms with Gasteiger partial charge in [0.15, 0.2) is 0 Å². The first-order valence-corrected chi connectivity index (χ1v) is 7.36. The zero-order valence-corrected chi connectivity index (χ0v) is 12.2. The summed E-state index contributed by atoms with van der Waals surface area (Å²) >= 11 is 6.62. The van der Waals surface area contributed by atoms with Crippen LogP contribution in [0.15, 0.2) is 30.3 Å². The topological polar surface area (TPSA) is 17.8 Å². The number of benzene rings is 1. The van der Waals surface area contributed by atoms with Gasteiger partial charge in [0, 0.05) is 12.7 Å². The fraction of sp³-hybridized carbons (Fsp3) is 0.438. The van der Waals surface area contributed by atoms with Gasteiger partial charge in [-0.1, -0.05) is 31.2 Å². The zero-order chi connectivity index (χ0) is 13.4. The van der Waals surface area contributed by atoms with Crippen LogP contribution in [0.1, 0.15) is 34.8 Å². The van der Waals surface area contributed by atoms with Crippen LogP contribution in [-0.4, -0.2) is 9.78 Å². The molecule has 1 aromatic carbocycles. The van der Waals surface area contributed by atoms with Crippen molar-refractivity contribution in [3.05, 3.63) is 52.8 Å². The third-order valence-electron chi connectivity index (χ3n) is 4.11. The summed E-state index contributed by atoms with van der Waals surface area (Å²) in [5.74, 6) is 0.485. The highest BCUT2D eigenvalue weighted by molar-refractivity contribution is 6.21. The average Bonchev–Trinajstić information content (AvgIpc) is 2.93. The molecule has 100 valence electrons. The lowest BCUT2D eigenvalue weighted by molar-refractivity contribution is 0.518. The number of aromatic nitrogens is 2. The third kappa shape index (κ3) is 2.30. The van der Waals surface area contributed by atoms with E-state index < -0.39 is 0 Å². The molecule has 0 saturated heterocycles. The van der Waals surface area contributed by atoms with Crippen LogP contribution in [-0.2, 0) is 26.3 Å². The minimum Gasteiger partial charge on any atom is -0.272 e. The summed E-state index contributed by atoms with van der Waals surface area (Å²) in [4.78, 5) is 0. The molecular formula is C16H19ClN2. The number of rotatable bonds is 3. The van der Waals surface area contributed by atoms with Crippen LogP contribution in [0.4, 0.5) is 0 Å². The van der Waals surface area contributed by atoms with Crippen molar-refractivity contribution in [2.75, 3.05) is 0 Å². The molecule has 0 spiro atoms. The highest BCUT2D eigenvalue weighted by Gasteiger charge is 2.31. The van der Waals surface area contributed by atoms with Crippen molar-refractivity contribution in [1.82, 2.24) is 9.78 Å². The smallest absolute Gasteiger partial charge is 0.0624 e. The Labute approximate surface area is 119 Å². The zero-order valence-electron chi connectivity index (χ0n) is 11.4. The van der Waals surface area contributed by atoms with Gasteiger partial charge in [-0.05, 0) is 42.4 Å². The van der Waals surface area contributed by atoms with Gasteiger partial charge in [0.25, 0.3) is 0 Å². The number of alkyl halides is 1. The van der Waals surface area contributed by atoms with E-state index >= 15 is 0 Å². The maximum atomic E-state index is 6.62. The molecule has 1 heterocycles. The number of hydrogen-bond acceptors (Lipinski definition) is 1. The molecular weight excluding hydrogens is 256 g/mol. The number of halogens is 1. The second-order valence-electron chi connectivity index (χ2n) is 5.37. The van der Waals surface area contributed by atoms with E-state index in [2.05, 4.69) is 42.4 Å². The predicted octanol–water partition coefficient (Wildman–Crippen LogP) is 3.68. The molecule has 0 aliphatic heterocycles. The molecule has 3 heteroatoms. The minimum atomic E-state index is 0.135. The molecule has 1 aliphatic carbocycles. The monoisotopic (exact) mass is 274 g/mol. The number of hydrogen-bond donors (Lipinski definition) is 0. The van der Waals surface area contributed by atoms with E-state index in [4.69, 9.17) is 11.6 Å². The highest BCUT2D eigenvalue weighted by Crippen LogP contribution is 2.42. The van der Waals surface area contributed by atoms with Crippen LogP contribution in [0, 0.1) is 5.92 Å². The van der Waals surface area contributed by atoms with Crippen LogP contribution in [0.25, 0.3) is 0 Å². The molecule has 0 amide bonds. The van der Waals surface area contributed by atoms with Gasteiger partial charge in [0.05, 0.1) is 11.1 Å². The van der Waals surface area contributed by atoms with Crippen molar-refractivity contribution < 1.29 is 0 Å². The van der Waals surface area contributed by atoms with Gasteiger partial charge in [-0.25, -0.2) is 0 Å². The van der Waals surface area contributed by atoms with Crippen molar-refractivity contribution in [2.45, 2.75) is 31.6 Å². The second-order valence-corrected chi connectivity index (χ2v) is 5.84. The maximum absolute atomic E-state index is 6.62. The molecule has 2 aromatic rings. The Morgan fingerprint density at radius 2 is 2.16 bits per heavy atom. The van der Waals surface area contributed by atoms with Crippen molar-refractivity contribution in [3.8, 4) is 0 Å². The van der Waals surface area contributed by atoms with Crippen molar-refractivity contribution >= 4 is 11.6 Å². The van der Waals surface area contributed by atoms with Crippen molar-refractivity contribution in [3.63, 3.8) is 0 Å². The van der Waals surface area contributed by atoms with Crippen molar-refractivity contribution in [2.24, 2.45) is 13.0 Å². The minimum absolute atomic E-state index is 0.135. The SMILES string of the molecule is CCc1cc(CC2Cc3ccccc3C2Cl)n(C)n1. The fourth-order valence-corrected chi connectivity index (χ4v) is 3.40. The largest absolute Gasteiger partial charge is 0.272 e. The first-order chi connectivity index (χ1) is 9.19. The van der Waals surface area contributed by atoms with E-state index in [0.29, 0.717) is 5.92 Å². The van der Waals surface area contributed by atoms with Crippen molar-refractivity contribution in [1.29, 1.82) is 0 Å². The summed E-state index contributed by atoms with van der Waals surface area (Å²) < 4.78 is 2.01. The van der Waals surface area contributed by atoms with Crippen LogP contribution in [0.5, 0.6) is 0 Å². The fourth-order valence-electron chi connectivity index (χ4n) is 3.01. The van der Waals surface area contributed by atoms with Gasteiger partial charge < -0.3 is 0 Å². The molecule has 1 aromatic heterocycles. The summed E-state index contributed by atoms with van der Waals surface area (Å²) in [6, 6.07) is 10.8. The summed E-state index contributed by atoms with van der Waals surface area (Å²) in [6.07, 6.45) is 3.08. The molecule has 2 unspecified atom stereocenters. The molecule has 0 bridgehead atoms. The Morgan fingerprint density at radius 3 is 2.84 bits per heavy atom. The van der Waals surface area contributed by atoms with Crippen LogP contribution >= 0.6 is 11.6 Å². The molecule has 2 nitrogen and oxygen atoms in total. The highest BCUT2D eigenvalue weighted by atomic mass is 35.5. The van der Waals surface area contributed by atoms with Gasteiger partial charge in [-0.2, -0.15) is 5.10 Å². The summed E-state index contributed by atoms with van der Waals surface area (Å²) in [6.45, 7) is 2.14. The lowest BCUT2D eigenvalue weighted by Crippen LogP contribution is -2.10. The molecule has 2 atom stereocenters. The van der Waals surface area contributed by atoms with Gasteiger partial charge >= 0.3 is 0 Å². The van der Waals surface area contributed by atoms with E-state index in [9.17, 15) is 0 Å². The molecule has 19 heavy (non-hydrogen) atoms. The molecule has 1 aliphatic rings. The Balaban J connectivity index is 1.80. The average molecular weight is 275 g/mol. The Hall–Kier alpha value is -1.28. The summed E-state index contributed by atoms with van der Waals surface area (Å²) in [7, 11) is 2.03. The maximum Gasteiger partial charge on any atom is 0.0624 e. The number of nitrogens with zero attached hydrogens (tertiary/aromatic N) is 2. The predicted molar refractivity (Wildman–Crippen MR) is 78.5 cm³/mol. The van der Waals surface area contributed by atoms with E-state index in [0.717, 1.165) is 19.3 Å². The molecule has 0 N–H and O–H groups in total. The van der Waals surface area contributed by atoms with Crippen LogP contribution in [0.2, 0.25) is 0 Å². The molecule has 0 saturated carbocycles. The van der Waals surface area contributed by atoms with E-state index in [1.807, 2.05) is 11.7 Å². The Kier molecular flexibility index (Phi) is 3.36. The van der Waals surface area contributed by atoms with E-state index in [1.165, 1.54) is 22.5 Å². The van der Waals surface area contributed by atoms with Gasteiger partial charge in [-0.15, -0.1) is 11.6 Å². The first-order valence-electron chi connectivity index (χ1n) is 6.92. The molecule has 0 radical (unpaired) electrons. The number of fused-ring (bicyclic) bond motifs is 1. The van der Waals surface area contributed by atoms with E-state index in [1.54, 1.807) is 0 Å².